The van der Waals surface area contributed by atoms with Crippen molar-refractivity contribution in [1.29, 1.82) is 0 Å². The average molecular weight is 329 g/mol. The number of rotatable bonds is 6. The summed E-state index contributed by atoms with van der Waals surface area (Å²) in [4.78, 5) is 36.9. The highest BCUT2D eigenvalue weighted by Gasteiger charge is 2.15. The Morgan fingerprint density at radius 2 is 1.88 bits per heavy atom. The van der Waals surface area contributed by atoms with Gasteiger partial charge in [-0.25, -0.2) is 0 Å². The summed E-state index contributed by atoms with van der Waals surface area (Å²) in [6.07, 6.45) is 0.734. The number of esters is 1. The van der Waals surface area contributed by atoms with E-state index in [9.17, 15) is 14.4 Å². The summed E-state index contributed by atoms with van der Waals surface area (Å²) in [6, 6.07) is 11.6. The molecule has 0 N–H and O–H groups in total. The number of nitrogens with zero attached hydrogens (tertiary/aromatic N) is 3. The number of carbonyl (C=O) groups is 2. The predicted molar refractivity (Wildman–Crippen MR) is 88.0 cm³/mol. The molecular weight excluding hydrogens is 310 g/mol. The molecule has 1 aromatic heterocycles. The zero-order valence-corrected chi connectivity index (χ0v) is 13.6. The minimum Gasteiger partial charge on any atom is -0.469 e. The van der Waals surface area contributed by atoms with Gasteiger partial charge in [-0.05, 0) is 24.6 Å². The maximum absolute atomic E-state index is 12.4. The summed E-state index contributed by atoms with van der Waals surface area (Å²) < 4.78 is 5.75. The van der Waals surface area contributed by atoms with E-state index < -0.39 is 0 Å². The zero-order chi connectivity index (χ0) is 17.5. The summed E-state index contributed by atoms with van der Waals surface area (Å²) >= 11 is 0. The number of hydrogen-bond donors (Lipinski definition) is 0. The molecule has 0 aliphatic carbocycles. The van der Waals surface area contributed by atoms with E-state index in [1.807, 2.05) is 6.07 Å². The molecule has 1 heterocycles. The molecule has 24 heavy (non-hydrogen) atoms. The lowest BCUT2D eigenvalue weighted by Gasteiger charge is -2.16. The standard InChI is InChI=1S/C17H19N3O4/c1-19(12-6-9-16(22)24-2)17(23)14-10-11-15(21)20(18-14)13-7-4-3-5-8-13/h3-5,7-8,10-11H,6,9,12H2,1-2H3. The first-order chi connectivity index (χ1) is 11.5. The van der Waals surface area contributed by atoms with Crippen LogP contribution in [0.2, 0.25) is 0 Å². The number of aromatic nitrogens is 2. The number of amides is 1. The predicted octanol–water partition coefficient (Wildman–Crippen LogP) is 1.26. The molecule has 1 aromatic carbocycles. The highest BCUT2D eigenvalue weighted by atomic mass is 16.5. The molecule has 0 radical (unpaired) electrons. The van der Waals surface area contributed by atoms with Crippen LogP contribution in [-0.2, 0) is 9.53 Å². The quantitative estimate of drug-likeness (QED) is 0.745. The molecule has 2 rings (SSSR count). The Hall–Kier alpha value is -2.96. The molecule has 0 aliphatic rings. The van der Waals surface area contributed by atoms with Crippen LogP contribution in [-0.4, -0.2) is 47.3 Å². The topological polar surface area (TPSA) is 81.5 Å². The third-order valence-electron chi connectivity index (χ3n) is 3.47. The third kappa shape index (κ3) is 4.28. The molecule has 7 heteroatoms. The van der Waals surface area contributed by atoms with Crippen molar-refractivity contribution in [1.82, 2.24) is 14.7 Å². The van der Waals surface area contributed by atoms with Gasteiger partial charge in [0, 0.05) is 26.1 Å². The summed E-state index contributed by atoms with van der Waals surface area (Å²) in [5.41, 5.74) is 0.440. The van der Waals surface area contributed by atoms with Crippen molar-refractivity contribution in [2.45, 2.75) is 12.8 Å². The second-order valence-corrected chi connectivity index (χ2v) is 5.21. The van der Waals surface area contributed by atoms with Gasteiger partial charge in [0.05, 0.1) is 12.8 Å². The summed E-state index contributed by atoms with van der Waals surface area (Å²) in [6.45, 7) is 0.389. The normalized spacial score (nSPS) is 10.2. The van der Waals surface area contributed by atoms with Gasteiger partial charge in [0.1, 0.15) is 5.69 Å². The van der Waals surface area contributed by atoms with Gasteiger partial charge in [0.2, 0.25) is 0 Å². The van der Waals surface area contributed by atoms with E-state index in [0.29, 0.717) is 18.7 Å². The van der Waals surface area contributed by atoms with E-state index in [1.54, 1.807) is 31.3 Å². The number of carbonyl (C=O) groups excluding carboxylic acids is 2. The molecule has 0 fully saturated rings. The first-order valence-corrected chi connectivity index (χ1v) is 7.51. The van der Waals surface area contributed by atoms with Gasteiger partial charge in [-0.3, -0.25) is 14.4 Å². The van der Waals surface area contributed by atoms with Gasteiger partial charge >= 0.3 is 5.97 Å². The zero-order valence-electron chi connectivity index (χ0n) is 13.6. The number of ether oxygens (including phenoxy) is 1. The highest BCUT2D eigenvalue weighted by Crippen LogP contribution is 2.05. The lowest BCUT2D eigenvalue weighted by molar-refractivity contribution is -0.140. The minimum atomic E-state index is -0.315. The van der Waals surface area contributed by atoms with Gasteiger partial charge in [-0.1, -0.05) is 18.2 Å². The second-order valence-electron chi connectivity index (χ2n) is 5.21. The van der Waals surface area contributed by atoms with Crippen LogP contribution in [0.3, 0.4) is 0 Å². The Labute approximate surface area is 139 Å². The van der Waals surface area contributed by atoms with Crippen molar-refractivity contribution in [3.05, 3.63) is 58.5 Å². The summed E-state index contributed by atoms with van der Waals surface area (Å²) in [7, 11) is 2.95. The van der Waals surface area contributed by atoms with Crippen molar-refractivity contribution in [3.8, 4) is 5.69 Å². The van der Waals surface area contributed by atoms with Crippen LogP contribution in [0.25, 0.3) is 5.69 Å². The monoisotopic (exact) mass is 329 g/mol. The van der Waals surface area contributed by atoms with Crippen LogP contribution >= 0.6 is 0 Å². The average Bonchev–Trinajstić information content (AvgIpc) is 2.62. The van der Waals surface area contributed by atoms with Crippen LogP contribution in [0.4, 0.5) is 0 Å². The molecule has 0 saturated heterocycles. The van der Waals surface area contributed by atoms with Crippen molar-refractivity contribution < 1.29 is 14.3 Å². The Balaban J connectivity index is 2.13. The SMILES string of the molecule is COC(=O)CCCN(C)C(=O)c1ccc(=O)n(-c2ccccc2)n1. The Kier molecular flexibility index (Phi) is 5.83. The largest absolute Gasteiger partial charge is 0.469 e. The molecule has 2 aromatic rings. The van der Waals surface area contributed by atoms with Gasteiger partial charge < -0.3 is 9.64 Å². The van der Waals surface area contributed by atoms with Gasteiger partial charge in [0.15, 0.2) is 0 Å². The van der Waals surface area contributed by atoms with Crippen LogP contribution < -0.4 is 5.56 Å². The number of benzene rings is 1. The summed E-state index contributed by atoms with van der Waals surface area (Å²) in [5.74, 6) is -0.629. The first-order valence-electron chi connectivity index (χ1n) is 7.51. The highest BCUT2D eigenvalue weighted by molar-refractivity contribution is 5.91. The molecule has 0 unspecified atom stereocenters. The lowest BCUT2D eigenvalue weighted by atomic mass is 10.2. The smallest absolute Gasteiger partial charge is 0.305 e. The molecule has 126 valence electrons. The molecular formula is C17H19N3O4. The fourth-order valence-corrected chi connectivity index (χ4v) is 2.14. The van der Waals surface area contributed by atoms with Crippen LogP contribution in [0, 0.1) is 0 Å². The maximum Gasteiger partial charge on any atom is 0.305 e. The molecule has 0 aliphatic heterocycles. The Bertz CT molecular complexity index is 771. The van der Waals surface area contributed by atoms with Crippen molar-refractivity contribution in [2.24, 2.45) is 0 Å². The molecule has 0 spiro atoms. The second kappa shape index (κ2) is 8.05. The van der Waals surface area contributed by atoms with Gasteiger partial charge in [0.25, 0.3) is 11.5 Å². The van der Waals surface area contributed by atoms with E-state index in [-0.39, 0.29) is 29.6 Å². The molecule has 1 amide bonds. The molecule has 0 saturated carbocycles. The van der Waals surface area contributed by atoms with E-state index >= 15 is 0 Å². The van der Waals surface area contributed by atoms with E-state index in [2.05, 4.69) is 9.84 Å². The fraction of sp³-hybridized carbons (Fsp3) is 0.294. The number of hydrogen-bond acceptors (Lipinski definition) is 5. The first kappa shape index (κ1) is 17.4. The van der Waals surface area contributed by atoms with E-state index in [0.717, 1.165) is 0 Å². The van der Waals surface area contributed by atoms with Crippen molar-refractivity contribution in [3.63, 3.8) is 0 Å². The number of para-hydroxylation sites is 1. The maximum atomic E-state index is 12.4. The van der Waals surface area contributed by atoms with E-state index in [4.69, 9.17) is 0 Å². The van der Waals surface area contributed by atoms with E-state index in [1.165, 1.54) is 28.8 Å². The lowest BCUT2D eigenvalue weighted by Crippen LogP contribution is -2.31. The Morgan fingerprint density at radius 1 is 1.17 bits per heavy atom. The molecule has 7 nitrogen and oxygen atoms in total. The summed E-state index contributed by atoms with van der Waals surface area (Å²) in [5, 5.41) is 4.14. The van der Waals surface area contributed by atoms with Crippen LogP contribution in [0.1, 0.15) is 23.3 Å². The third-order valence-corrected chi connectivity index (χ3v) is 3.47. The number of methoxy groups -OCH3 is 1. The fourth-order valence-electron chi connectivity index (χ4n) is 2.14. The van der Waals surface area contributed by atoms with Crippen LogP contribution in [0.15, 0.2) is 47.3 Å². The minimum absolute atomic E-state index is 0.166. The molecule has 0 atom stereocenters. The Morgan fingerprint density at radius 3 is 2.54 bits per heavy atom. The van der Waals surface area contributed by atoms with Crippen molar-refractivity contribution >= 4 is 11.9 Å². The van der Waals surface area contributed by atoms with Crippen LogP contribution in [0.5, 0.6) is 0 Å². The van der Waals surface area contributed by atoms with Gasteiger partial charge in [-0.15, -0.1) is 0 Å². The van der Waals surface area contributed by atoms with Gasteiger partial charge in [-0.2, -0.15) is 9.78 Å². The van der Waals surface area contributed by atoms with Crippen molar-refractivity contribution in [2.75, 3.05) is 20.7 Å². The molecule has 0 bridgehead atoms.